The number of hydrogen-bond acceptors (Lipinski definition) is 3. The van der Waals surface area contributed by atoms with Crippen LogP contribution in [-0.4, -0.2) is 36.8 Å². The Kier molecular flexibility index (Phi) is 7.34. The molecule has 6 atom stereocenters. The molecule has 2 aliphatic carbocycles. The summed E-state index contributed by atoms with van der Waals surface area (Å²) in [5, 5.41) is 19.5. The van der Waals surface area contributed by atoms with Crippen LogP contribution in [0.15, 0.2) is 12.2 Å². The largest absolute Gasteiger partial charge is 0.414 e. The molecule has 0 bridgehead atoms. The Morgan fingerprint density at radius 1 is 1.18 bits per heavy atom. The van der Waals surface area contributed by atoms with Crippen LogP contribution in [0.2, 0.25) is 18.1 Å². The van der Waals surface area contributed by atoms with Crippen LogP contribution in [0.4, 0.5) is 0 Å². The van der Waals surface area contributed by atoms with Gasteiger partial charge in [-0.15, -0.1) is 0 Å². The second-order valence-electron chi connectivity index (χ2n) is 11.8. The van der Waals surface area contributed by atoms with Gasteiger partial charge < -0.3 is 14.6 Å². The molecule has 2 fully saturated rings. The van der Waals surface area contributed by atoms with Gasteiger partial charge in [-0.25, -0.2) is 0 Å². The van der Waals surface area contributed by atoms with E-state index >= 15 is 0 Å². The van der Waals surface area contributed by atoms with Crippen molar-refractivity contribution in [3.63, 3.8) is 0 Å². The lowest BCUT2D eigenvalue weighted by Crippen LogP contribution is -2.50. The molecule has 2 aliphatic rings. The fourth-order valence-corrected chi connectivity index (χ4v) is 6.85. The molecule has 0 aromatic heterocycles. The van der Waals surface area contributed by atoms with Gasteiger partial charge in [0.2, 0.25) is 0 Å². The van der Waals surface area contributed by atoms with E-state index in [-0.39, 0.29) is 11.6 Å². The first-order valence-electron chi connectivity index (χ1n) is 11.4. The zero-order chi connectivity index (χ0) is 21.4. The summed E-state index contributed by atoms with van der Waals surface area (Å²) in [6.45, 7) is 18.2. The van der Waals surface area contributed by atoms with E-state index in [4.69, 9.17) is 4.43 Å². The van der Waals surface area contributed by atoms with Gasteiger partial charge in [-0.2, -0.15) is 0 Å². The van der Waals surface area contributed by atoms with Crippen LogP contribution in [-0.2, 0) is 4.43 Å². The summed E-state index contributed by atoms with van der Waals surface area (Å²) in [5.41, 5.74) is -0.653. The van der Waals surface area contributed by atoms with E-state index in [1.807, 2.05) is 0 Å². The molecule has 0 aromatic rings. The fraction of sp³-hybridized carbons (Fsp3) is 0.917. The topological polar surface area (TPSA) is 49.7 Å². The smallest absolute Gasteiger partial charge is 0.192 e. The minimum atomic E-state index is -1.75. The lowest BCUT2D eigenvalue weighted by molar-refractivity contribution is -0.0164. The number of hydrogen-bond donors (Lipinski definition) is 2. The number of aliphatic hydroxyl groups excluding tert-OH is 1. The summed E-state index contributed by atoms with van der Waals surface area (Å²) in [6.07, 6.45) is 11.7. The predicted molar refractivity (Wildman–Crippen MR) is 121 cm³/mol. The van der Waals surface area contributed by atoms with Crippen molar-refractivity contribution >= 4 is 8.32 Å². The highest BCUT2D eigenvalue weighted by Crippen LogP contribution is 2.59. The van der Waals surface area contributed by atoms with Gasteiger partial charge in [0, 0.05) is 6.10 Å². The first-order chi connectivity index (χ1) is 12.7. The maximum Gasteiger partial charge on any atom is 0.192 e. The fourth-order valence-electron chi connectivity index (χ4n) is 5.46. The maximum absolute atomic E-state index is 10.0. The van der Waals surface area contributed by atoms with Crippen LogP contribution < -0.4 is 0 Å². The minimum absolute atomic E-state index is 0.193. The summed E-state index contributed by atoms with van der Waals surface area (Å²) in [5.74, 6) is 1.85. The quantitative estimate of drug-likeness (QED) is 0.404. The van der Waals surface area contributed by atoms with Gasteiger partial charge in [0.25, 0.3) is 0 Å². The van der Waals surface area contributed by atoms with Crippen molar-refractivity contribution in [1.82, 2.24) is 0 Å². The van der Waals surface area contributed by atoms with Crippen LogP contribution in [0.3, 0.4) is 0 Å². The van der Waals surface area contributed by atoms with E-state index in [0.29, 0.717) is 35.7 Å². The van der Waals surface area contributed by atoms with E-state index in [0.717, 1.165) is 0 Å². The minimum Gasteiger partial charge on any atom is -0.414 e. The molecule has 0 radical (unpaired) electrons. The van der Waals surface area contributed by atoms with Gasteiger partial charge in [-0.05, 0) is 80.3 Å². The van der Waals surface area contributed by atoms with E-state index < -0.39 is 13.9 Å². The van der Waals surface area contributed by atoms with Gasteiger partial charge in [0.1, 0.15) is 0 Å². The molecule has 2 N–H and O–H groups in total. The molecule has 28 heavy (non-hydrogen) atoms. The van der Waals surface area contributed by atoms with Crippen LogP contribution in [0.25, 0.3) is 0 Å². The predicted octanol–water partition coefficient (Wildman–Crippen LogP) is 5.92. The van der Waals surface area contributed by atoms with Crippen molar-refractivity contribution in [2.75, 3.05) is 6.61 Å². The Bertz CT molecular complexity index is 549. The first-order valence-corrected chi connectivity index (χ1v) is 14.3. The van der Waals surface area contributed by atoms with Crippen LogP contribution in [0.1, 0.15) is 80.1 Å². The molecule has 2 rings (SSSR count). The molecule has 0 heterocycles. The SMILES string of the molecule is CC(/C=C/C[C@@](C)(O)CO)[C@H]1CC[C@H]2[C@@H](O[Si](C)(C)C(C)(C)C)CCC[C@]12C. The molecular formula is C24H46O3Si. The Balaban J connectivity index is 2.09. The van der Waals surface area contributed by atoms with Crippen molar-refractivity contribution in [3.8, 4) is 0 Å². The highest BCUT2D eigenvalue weighted by molar-refractivity contribution is 6.74. The van der Waals surface area contributed by atoms with Crippen molar-refractivity contribution < 1.29 is 14.6 Å². The Morgan fingerprint density at radius 2 is 1.82 bits per heavy atom. The summed E-state index contributed by atoms with van der Waals surface area (Å²) in [6, 6.07) is 0. The highest BCUT2D eigenvalue weighted by atomic mass is 28.4. The second kappa shape index (κ2) is 8.53. The third-order valence-corrected chi connectivity index (χ3v) is 12.9. The van der Waals surface area contributed by atoms with E-state index in [9.17, 15) is 10.2 Å². The molecule has 2 saturated carbocycles. The van der Waals surface area contributed by atoms with Gasteiger partial charge in [0.05, 0.1) is 12.2 Å². The molecule has 4 heteroatoms. The Morgan fingerprint density at radius 3 is 2.39 bits per heavy atom. The summed E-state index contributed by atoms with van der Waals surface area (Å²) in [7, 11) is -1.75. The summed E-state index contributed by atoms with van der Waals surface area (Å²) < 4.78 is 6.95. The molecule has 0 amide bonds. The van der Waals surface area contributed by atoms with Crippen molar-refractivity contribution in [3.05, 3.63) is 12.2 Å². The zero-order valence-corrected chi connectivity index (χ0v) is 20.7. The molecule has 164 valence electrons. The third-order valence-electron chi connectivity index (χ3n) is 8.36. The molecule has 0 aliphatic heterocycles. The average molecular weight is 411 g/mol. The molecule has 0 aromatic carbocycles. The Labute approximate surface area is 175 Å². The van der Waals surface area contributed by atoms with Crippen molar-refractivity contribution in [1.29, 1.82) is 0 Å². The van der Waals surface area contributed by atoms with Gasteiger partial charge in [-0.3, -0.25) is 0 Å². The lowest BCUT2D eigenvalue weighted by Gasteiger charge is -2.49. The van der Waals surface area contributed by atoms with E-state index in [2.05, 4.69) is 59.9 Å². The molecule has 0 spiro atoms. The normalized spacial score (nSPS) is 35.0. The standard InChI is InChI=1S/C24H46O3Si/c1-18(11-9-15-23(5,26)17-25)19-13-14-20-21(12-10-16-24(19,20)6)27-28(7,8)22(2,3)4/h9,11,18-21,25-26H,10,12-17H2,1-8H3/b11-9+/t18?,19-,20+,21+,23-,24-/m1/s1. The van der Waals surface area contributed by atoms with E-state index in [1.165, 1.54) is 32.1 Å². The van der Waals surface area contributed by atoms with Crippen LogP contribution >= 0.6 is 0 Å². The van der Waals surface area contributed by atoms with Crippen molar-refractivity contribution in [2.45, 2.75) is 110 Å². The molecule has 1 unspecified atom stereocenters. The summed E-state index contributed by atoms with van der Waals surface area (Å²) in [4.78, 5) is 0. The molecule has 0 saturated heterocycles. The third kappa shape index (κ3) is 5.11. The van der Waals surface area contributed by atoms with Crippen molar-refractivity contribution in [2.24, 2.45) is 23.2 Å². The second-order valence-corrected chi connectivity index (χ2v) is 16.5. The Hall–Kier alpha value is -0.163. The molecule has 3 nitrogen and oxygen atoms in total. The molecular weight excluding hydrogens is 364 g/mol. The monoisotopic (exact) mass is 410 g/mol. The number of rotatable bonds is 7. The lowest BCUT2D eigenvalue weighted by atomic mass is 9.62. The van der Waals surface area contributed by atoms with Gasteiger partial charge in [0.15, 0.2) is 8.32 Å². The van der Waals surface area contributed by atoms with Crippen LogP contribution in [0, 0.1) is 23.2 Å². The van der Waals surface area contributed by atoms with Crippen LogP contribution in [0.5, 0.6) is 0 Å². The summed E-state index contributed by atoms with van der Waals surface area (Å²) >= 11 is 0. The average Bonchev–Trinajstić information content (AvgIpc) is 2.91. The number of aliphatic hydroxyl groups is 2. The first kappa shape index (κ1) is 24.1. The zero-order valence-electron chi connectivity index (χ0n) is 19.7. The van der Waals surface area contributed by atoms with E-state index in [1.54, 1.807) is 6.92 Å². The highest BCUT2D eigenvalue weighted by Gasteiger charge is 2.54. The number of allylic oxidation sites excluding steroid dienone is 1. The van der Waals surface area contributed by atoms with Gasteiger partial charge in [-0.1, -0.05) is 53.2 Å². The number of fused-ring (bicyclic) bond motifs is 1. The van der Waals surface area contributed by atoms with Gasteiger partial charge >= 0.3 is 0 Å². The maximum atomic E-state index is 10.0.